The highest BCUT2D eigenvalue weighted by Gasteiger charge is 2.32. The Morgan fingerprint density at radius 1 is 0.971 bits per heavy atom. The van der Waals surface area contributed by atoms with Crippen LogP contribution < -0.4 is 11.1 Å². The molecule has 2 amide bonds. The lowest BCUT2D eigenvalue weighted by Crippen LogP contribution is -2.46. The SMILES string of the molecule is N#Cc1ccc(C(=O)Nc2cccc(CN(C(=O)C3CCCCC3)C3CCC(N)CC3)c2)cc1. The van der Waals surface area contributed by atoms with Crippen LogP contribution in [-0.4, -0.2) is 28.8 Å². The van der Waals surface area contributed by atoms with E-state index in [1.807, 2.05) is 24.3 Å². The highest BCUT2D eigenvalue weighted by molar-refractivity contribution is 6.04. The fourth-order valence-electron chi connectivity index (χ4n) is 5.23. The average Bonchev–Trinajstić information content (AvgIpc) is 2.88. The second-order valence-corrected chi connectivity index (χ2v) is 9.71. The zero-order valence-electron chi connectivity index (χ0n) is 19.7. The van der Waals surface area contributed by atoms with Crippen molar-refractivity contribution in [1.82, 2.24) is 4.90 Å². The first kappa shape index (κ1) is 24.0. The largest absolute Gasteiger partial charge is 0.335 e. The first-order chi connectivity index (χ1) is 16.5. The number of nitrogens with one attached hydrogen (secondary N) is 1. The summed E-state index contributed by atoms with van der Waals surface area (Å²) in [4.78, 5) is 28.4. The number of nitrogens with zero attached hydrogens (tertiary/aromatic N) is 2. The Morgan fingerprint density at radius 3 is 2.35 bits per heavy atom. The highest BCUT2D eigenvalue weighted by Crippen LogP contribution is 2.30. The summed E-state index contributed by atoms with van der Waals surface area (Å²) >= 11 is 0. The average molecular weight is 459 g/mol. The van der Waals surface area contributed by atoms with Crippen molar-refractivity contribution in [3.63, 3.8) is 0 Å². The lowest BCUT2D eigenvalue weighted by molar-refractivity contribution is -0.140. The number of nitriles is 1. The molecule has 0 radical (unpaired) electrons. The van der Waals surface area contributed by atoms with E-state index in [1.165, 1.54) is 6.42 Å². The number of hydrogen-bond acceptors (Lipinski definition) is 4. The topological polar surface area (TPSA) is 99.2 Å². The maximum absolute atomic E-state index is 13.6. The maximum Gasteiger partial charge on any atom is 0.255 e. The summed E-state index contributed by atoms with van der Waals surface area (Å²) in [6.45, 7) is 0.551. The Kier molecular flexibility index (Phi) is 7.97. The zero-order chi connectivity index (χ0) is 23.9. The monoisotopic (exact) mass is 458 g/mol. The lowest BCUT2D eigenvalue weighted by atomic mass is 9.85. The van der Waals surface area contributed by atoms with Crippen LogP contribution in [0.25, 0.3) is 0 Å². The van der Waals surface area contributed by atoms with E-state index in [2.05, 4.69) is 16.3 Å². The van der Waals surface area contributed by atoms with Gasteiger partial charge in [0.05, 0.1) is 11.6 Å². The number of rotatable bonds is 6. The summed E-state index contributed by atoms with van der Waals surface area (Å²) in [7, 11) is 0. The van der Waals surface area contributed by atoms with Crippen LogP contribution in [0.4, 0.5) is 5.69 Å². The molecular formula is C28H34N4O2. The van der Waals surface area contributed by atoms with E-state index in [0.717, 1.165) is 56.9 Å². The molecule has 0 heterocycles. The van der Waals surface area contributed by atoms with Crippen molar-refractivity contribution in [2.75, 3.05) is 5.32 Å². The molecule has 2 aliphatic rings. The van der Waals surface area contributed by atoms with Crippen LogP contribution >= 0.6 is 0 Å². The molecule has 6 nitrogen and oxygen atoms in total. The van der Waals surface area contributed by atoms with Gasteiger partial charge in [-0.25, -0.2) is 0 Å². The van der Waals surface area contributed by atoms with Gasteiger partial charge in [0.25, 0.3) is 5.91 Å². The molecule has 0 unspecified atom stereocenters. The van der Waals surface area contributed by atoms with E-state index < -0.39 is 0 Å². The van der Waals surface area contributed by atoms with Crippen LogP contribution in [0.5, 0.6) is 0 Å². The summed E-state index contributed by atoms with van der Waals surface area (Å²) in [6, 6.07) is 16.9. The van der Waals surface area contributed by atoms with Crippen molar-refractivity contribution >= 4 is 17.5 Å². The quantitative estimate of drug-likeness (QED) is 0.637. The predicted octanol–water partition coefficient (Wildman–Crippen LogP) is 4.99. The first-order valence-corrected chi connectivity index (χ1v) is 12.5. The van der Waals surface area contributed by atoms with E-state index >= 15 is 0 Å². The number of carbonyl (C=O) groups is 2. The molecule has 0 atom stereocenters. The van der Waals surface area contributed by atoms with Crippen molar-refractivity contribution < 1.29 is 9.59 Å². The van der Waals surface area contributed by atoms with Crippen LogP contribution in [0.1, 0.15) is 79.3 Å². The summed E-state index contributed by atoms with van der Waals surface area (Å²) in [5.74, 6) is 0.189. The number of anilines is 1. The van der Waals surface area contributed by atoms with Gasteiger partial charge in [0, 0.05) is 35.8 Å². The van der Waals surface area contributed by atoms with Crippen LogP contribution in [0.3, 0.4) is 0 Å². The standard InChI is InChI=1S/C28H34N4O2/c29-18-20-9-11-22(12-10-20)27(33)31-25-8-4-5-21(17-25)19-32(26-15-13-24(30)14-16-26)28(34)23-6-2-1-3-7-23/h4-5,8-12,17,23-24,26H,1-3,6-7,13-16,19,30H2,(H,31,33). The van der Waals surface area contributed by atoms with Crippen LogP contribution in [0.2, 0.25) is 0 Å². The van der Waals surface area contributed by atoms with Crippen molar-refractivity contribution in [2.45, 2.75) is 76.4 Å². The van der Waals surface area contributed by atoms with E-state index in [1.54, 1.807) is 24.3 Å². The Hall–Kier alpha value is -3.17. The Bertz CT molecular complexity index is 1030. The van der Waals surface area contributed by atoms with Crippen LogP contribution in [0.15, 0.2) is 48.5 Å². The normalized spacial score (nSPS) is 20.8. The van der Waals surface area contributed by atoms with Crippen LogP contribution in [-0.2, 0) is 11.3 Å². The molecule has 2 aromatic carbocycles. The van der Waals surface area contributed by atoms with Gasteiger partial charge >= 0.3 is 0 Å². The number of amides is 2. The van der Waals surface area contributed by atoms with Gasteiger partial charge in [-0.05, 0) is 80.5 Å². The Labute approximate surface area is 202 Å². The first-order valence-electron chi connectivity index (χ1n) is 12.5. The lowest BCUT2D eigenvalue weighted by Gasteiger charge is -2.39. The second-order valence-electron chi connectivity index (χ2n) is 9.71. The molecule has 6 heteroatoms. The molecule has 0 saturated heterocycles. The molecular weight excluding hydrogens is 424 g/mol. The number of carbonyl (C=O) groups excluding carboxylic acids is 2. The van der Waals surface area contributed by atoms with Gasteiger partial charge in [-0.3, -0.25) is 9.59 Å². The van der Waals surface area contributed by atoms with Crippen molar-refractivity contribution in [1.29, 1.82) is 5.26 Å². The molecule has 0 spiro atoms. The molecule has 2 saturated carbocycles. The van der Waals surface area contributed by atoms with E-state index in [4.69, 9.17) is 11.0 Å². The molecule has 34 heavy (non-hydrogen) atoms. The molecule has 178 valence electrons. The van der Waals surface area contributed by atoms with E-state index in [-0.39, 0.29) is 29.8 Å². The number of hydrogen-bond donors (Lipinski definition) is 2. The van der Waals surface area contributed by atoms with Gasteiger partial charge < -0.3 is 16.0 Å². The summed E-state index contributed by atoms with van der Waals surface area (Å²) < 4.78 is 0. The van der Waals surface area contributed by atoms with E-state index in [9.17, 15) is 9.59 Å². The molecule has 2 fully saturated rings. The smallest absolute Gasteiger partial charge is 0.255 e. The third-order valence-electron chi connectivity index (χ3n) is 7.23. The molecule has 0 aromatic heterocycles. The zero-order valence-corrected chi connectivity index (χ0v) is 19.7. The second kappa shape index (κ2) is 11.3. The molecule has 4 rings (SSSR count). The highest BCUT2D eigenvalue weighted by atomic mass is 16.2. The van der Waals surface area contributed by atoms with Gasteiger partial charge in [-0.1, -0.05) is 31.4 Å². The van der Waals surface area contributed by atoms with Crippen molar-refractivity contribution in [3.8, 4) is 6.07 Å². The summed E-state index contributed by atoms with van der Waals surface area (Å²) in [5, 5.41) is 11.9. The van der Waals surface area contributed by atoms with Crippen LogP contribution in [0, 0.1) is 17.2 Å². The minimum absolute atomic E-state index is 0.128. The molecule has 3 N–H and O–H groups in total. The van der Waals surface area contributed by atoms with Gasteiger partial charge in [0.2, 0.25) is 5.91 Å². The Morgan fingerprint density at radius 2 is 1.68 bits per heavy atom. The molecule has 0 aliphatic heterocycles. The van der Waals surface area contributed by atoms with Gasteiger partial charge in [0.1, 0.15) is 0 Å². The fourth-order valence-corrected chi connectivity index (χ4v) is 5.23. The van der Waals surface area contributed by atoms with Gasteiger partial charge in [0.15, 0.2) is 0 Å². The third-order valence-corrected chi connectivity index (χ3v) is 7.23. The summed E-state index contributed by atoms with van der Waals surface area (Å²) in [6.07, 6.45) is 9.30. The van der Waals surface area contributed by atoms with Gasteiger partial charge in [-0.15, -0.1) is 0 Å². The third kappa shape index (κ3) is 6.03. The fraction of sp³-hybridized carbons (Fsp3) is 0.464. The maximum atomic E-state index is 13.6. The molecule has 0 bridgehead atoms. The predicted molar refractivity (Wildman–Crippen MR) is 133 cm³/mol. The number of nitrogens with two attached hydrogens (primary N) is 1. The van der Waals surface area contributed by atoms with Gasteiger partial charge in [-0.2, -0.15) is 5.26 Å². The summed E-state index contributed by atoms with van der Waals surface area (Å²) in [5.41, 5.74) is 8.86. The van der Waals surface area contributed by atoms with Crippen molar-refractivity contribution in [2.24, 2.45) is 11.7 Å². The minimum atomic E-state index is -0.224. The molecule has 2 aliphatic carbocycles. The van der Waals surface area contributed by atoms with Crippen molar-refractivity contribution in [3.05, 3.63) is 65.2 Å². The Balaban J connectivity index is 1.48. The number of benzene rings is 2. The van der Waals surface area contributed by atoms with E-state index in [0.29, 0.717) is 23.4 Å². The minimum Gasteiger partial charge on any atom is -0.335 e. The molecule has 2 aromatic rings.